The van der Waals surface area contributed by atoms with E-state index in [2.05, 4.69) is 36.6 Å². The second-order valence-electron chi connectivity index (χ2n) is 5.20. The Bertz CT molecular complexity index is 379. The molecule has 2 unspecified atom stereocenters. The summed E-state index contributed by atoms with van der Waals surface area (Å²) in [5.41, 5.74) is 1.23. The number of aliphatic hydroxyl groups is 1. The number of carbonyl (C=O) groups is 1. The molecule has 0 fully saturated rings. The van der Waals surface area contributed by atoms with Crippen LogP contribution in [0.25, 0.3) is 0 Å². The highest BCUT2D eigenvalue weighted by Crippen LogP contribution is 2.23. The maximum atomic E-state index is 11.6. The minimum atomic E-state index is -0.233. The molecular formula is C15H24N2O2. The number of hydrogen-bond donors (Lipinski definition) is 3. The average molecular weight is 264 g/mol. The molecule has 0 radical (unpaired) electrons. The van der Waals surface area contributed by atoms with Crippen molar-refractivity contribution in [3.8, 4) is 0 Å². The molecule has 4 nitrogen and oxygen atoms in total. The molecule has 1 aromatic rings. The van der Waals surface area contributed by atoms with E-state index in [-0.39, 0.29) is 24.6 Å². The summed E-state index contributed by atoms with van der Waals surface area (Å²) < 4.78 is 0. The molecule has 0 aliphatic rings. The summed E-state index contributed by atoms with van der Waals surface area (Å²) in [6, 6.07) is 9.72. The van der Waals surface area contributed by atoms with E-state index >= 15 is 0 Å². The molecule has 19 heavy (non-hydrogen) atoms. The molecule has 0 aliphatic heterocycles. The Labute approximate surface area is 115 Å². The quantitative estimate of drug-likeness (QED) is 0.737. The molecule has 0 aromatic heterocycles. The third-order valence-corrected chi connectivity index (χ3v) is 3.17. The maximum absolute atomic E-state index is 11.6. The van der Waals surface area contributed by atoms with Gasteiger partial charge in [-0.3, -0.25) is 0 Å². The molecule has 3 N–H and O–H groups in total. The maximum Gasteiger partial charge on any atom is 0.315 e. The highest BCUT2D eigenvalue weighted by molar-refractivity contribution is 5.74. The van der Waals surface area contributed by atoms with Crippen molar-refractivity contribution in [1.82, 2.24) is 10.6 Å². The van der Waals surface area contributed by atoms with Gasteiger partial charge in [0.1, 0.15) is 0 Å². The van der Waals surface area contributed by atoms with Gasteiger partial charge in [-0.05, 0) is 18.4 Å². The number of urea groups is 1. The predicted octanol–water partition coefficient (Wildman–Crippen LogP) is 2.11. The van der Waals surface area contributed by atoms with Crippen LogP contribution in [0.5, 0.6) is 0 Å². The summed E-state index contributed by atoms with van der Waals surface area (Å²) in [6.07, 6.45) is 0. The molecule has 106 valence electrons. The smallest absolute Gasteiger partial charge is 0.315 e. The standard InChI is InChI=1S/C15H24N2O2/c1-11(2)14(13-7-5-4-6-8-13)9-16-15(19)17-12(3)10-18/h4-8,11-12,14,18H,9-10H2,1-3H3,(H2,16,17,19). The molecule has 0 spiro atoms. The zero-order valence-electron chi connectivity index (χ0n) is 11.9. The van der Waals surface area contributed by atoms with Crippen LogP contribution in [0.2, 0.25) is 0 Å². The summed E-state index contributed by atoms with van der Waals surface area (Å²) in [6.45, 7) is 6.59. The van der Waals surface area contributed by atoms with E-state index in [1.807, 2.05) is 18.2 Å². The Hall–Kier alpha value is -1.55. The number of rotatable bonds is 6. The van der Waals surface area contributed by atoms with Crippen LogP contribution in [-0.4, -0.2) is 30.3 Å². The fraction of sp³-hybridized carbons (Fsp3) is 0.533. The van der Waals surface area contributed by atoms with Gasteiger partial charge in [0.2, 0.25) is 0 Å². The molecule has 2 amide bonds. The summed E-state index contributed by atoms with van der Waals surface area (Å²) in [4.78, 5) is 11.6. The first-order valence-electron chi connectivity index (χ1n) is 6.74. The van der Waals surface area contributed by atoms with Crippen LogP contribution in [0.3, 0.4) is 0 Å². The van der Waals surface area contributed by atoms with Gasteiger partial charge in [-0.15, -0.1) is 0 Å². The third-order valence-electron chi connectivity index (χ3n) is 3.17. The van der Waals surface area contributed by atoms with Crippen LogP contribution in [0.15, 0.2) is 30.3 Å². The molecule has 0 bridgehead atoms. The van der Waals surface area contributed by atoms with E-state index in [9.17, 15) is 4.79 Å². The van der Waals surface area contributed by atoms with E-state index in [1.54, 1.807) is 6.92 Å². The number of benzene rings is 1. The van der Waals surface area contributed by atoms with Gasteiger partial charge in [0.15, 0.2) is 0 Å². The van der Waals surface area contributed by atoms with Crippen LogP contribution in [0.4, 0.5) is 4.79 Å². The lowest BCUT2D eigenvalue weighted by Crippen LogP contribution is -2.44. The molecule has 0 heterocycles. The largest absolute Gasteiger partial charge is 0.394 e. The summed E-state index contributed by atoms with van der Waals surface area (Å²) >= 11 is 0. The number of hydrogen-bond acceptors (Lipinski definition) is 2. The van der Waals surface area contributed by atoms with Gasteiger partial charge in [0.05, 0.1) is 12.6 Å². The van der Waals surface area contributed by atoms with Gasteiger partial charge in [-0.2, -0.15) is 0 Å². The Morgan fingerprint density at radius 2 is 1.84 bits per heavy atom. The first-order valence-corrected chi connectivity index (χ1v) is 6.74. The highest BCUT2D eigenvalue weighted by atomic mass is 16.3. The Balaban J connectivity index is 2.54. The predicted molar refractivity (Wildman–Crippen MR) is 77.1 cm³/mol. The van der Waals surface area contributed by atoms with E-state index in [4.69, 9.17) is 5.11 Å². The Kier molecular flexibility index (Phi) is 6.36. The van der Waals surface area contributed by atoms with Crippen LogP contribution in [0, 0.1) is 5.92 Å². The van der Waals surface area contributed by atoms with Crippen molar-refractivity contribution in [2.45, 2.75) is 32.7 Å². The minimum Gasteiger partial charge on any atom is -0.394 e. The van der Waals surface area contributed by atoms with Crippen molar-refractivity contribution in [3.05, 3.63) is 35.9 Å². The average Bonchev–Trinajstić information content (AvgIpc) is 2.39. The molecule has 1 aromatic carbocycles. The summed E-state index contributed by atoms with van der Waals surface area (Å²) in [5, 5.41) is 14.4. The van der Waals surface area contributed by atoms with Crippen LogP contribution in [0.1, 0.15) is 32.3 Å². The lowest BCUT2D eigenvalue weighted by atomic mass is 9.88. The van der Waals surface area contributed by atoms with Gasteiger partial charge < -0.3 is 15.7 Å². The molecular weight excluding hydrogens is 240 g/mol. The number of carbonyl (C=O) groups excluding carboxylic acids is 1. The van der Waals surface area contributed by atoms with Crippen molar-refractivity contribution in [1.29, 1.82) is 0 Å². The fourth-order valence-electron chi connectivity index (χ4n) is 1.96. The molecule has 0 saturated heterocycles. The van der Waals surface area contributed by atoms with Crippen LogP contribution >= 0.6 is 0 Å². The molecule has 2 atom stereocenters. The first kappa shape index (κ1) is 15.5. The minimum absolute atomic E-state index is 0.0558. The monoisotopic (exact) mass is 264 g/mol. The zero-order valence-corrected chi connectivity index (χ0v) is 11.9. The first-order chi connectivity index (χ1) is 9.04. The second-order valence-corrected chi connectivity index (χ2v) is 5.20. The van der Waals surface area contributed by atoms with Gasteiger partial charge in [-0.1, -0.05) is 44.2 Å². The van der Waals surface area contributed by atoms with Crippen molar-refractivity contribution in [2.75, 3.05) is 13.2 Å². The molecule has 0 saturated carbocycles. The van der Waals surface area contributed by atoms with Gasteiger partial charge in [0.25, 0.3) is 0 Å². The SMILES string of the molecule is CC(CO)NC(=O)NCC(c1ccccc1)C(C)C. The lowest BCUT2D eigenvalue weighted by Gasteiger charge is -2.22. The third kappa shape index (κ3) is 5.30. The van der Waals surface area contributed by atoms with Crippen molar-refractivity contribution < 1.29 is 9.90 Å². The fourth-order valence-corrected chi connectivity index (χ4v) is 1.96. The van der Waals surface area contributed by atoms with Crippen molar-refractivity contribution in [2.24, 2.45) is 5.92 Å². The van der Waals surface area contributed by atoms with E-state index in [0.717, 1.165) is 0 Å². The van der Waals surface area contributed by atoms with Crippen LogP contribution < -0.4 is 10.6 Å². The molecule has 0 aliphatic carbocycles. The lowest BCUT2D eigenvalue weighted by molar-refractivity contribution is 0.219. The van der Waals surface area contributed by atoms with E-state index < -0.39 is 0 Å². The molecule has 1 rings (SSSR count). The zero-order chi connectivity index (χ0) is 14.3. The van der Waals surface area contributed by atoms with Crippen LogP contribution in [-0.2, 0) is 0 Å². The van der Waals surface area contributed by atoms with Gasteiger partial charge in [0, 0.05) is 12.5 Å². The van der Waals surface area contributed by atoms with Gasteiger partial charge in [-0.25, -0.2) is 4.79 Å². The number of nitrogens with one attached hydrogen (secondary N) is 2. The Morgan fingerprint density at radius 3 is 2.37 bits per heavy atom. The second kappa shape index (κ2) is 7.79. The summed E-state index contributed by atoms with van der Waals surface area (Å²) in [5.74, 6) is 0.731. The van der Waals surface area contributed by atoms with E-state index in [0.29, 0.717) is 12.5 Å². The summed E-state index contributed by atoms with van der Waals surface area (Å²) in [7, 11) is 0. The topological polar surface area (TPSA) is 61.4 Å². The normalized spacial score (nSPS) is 13.9. The van der Waals surface area contributed by atoms with Crippen molar-refractivity contribution in [3.63, 3.8) is 0 Å². The van der Waals surface area contributed by atoms with Crippen molar-refractivity contribution >= 4 is 6.03 Å². The Morgan fingerprint density at radius 1 is 1.21 bits per heavy atom. The van der Waals surface area contributed by atoms with Gasteiger partial charge >= 0.3 is 6.03 Å². The highest BCUT2D eigenvalue weighted by Gasteiger charge is 2.16. The number of aliphatic hydroxyl groups excluding tert-OH is 1. The number of amides is 2. The van der Waals surface area contributed by atoms with E-state index in [1.165, 1.54) is 5.56 Å². The molecule has 4 heteroatoms.